The van der Waals surface area contributed by atoms with Crippen LogP contribution in [-0.4, -0.2) is 35.1 Å². The molecule has 0 bridgehead atoms. The summed E-state index contributed by atoms with van der Waals surface area (Å²) in [4.78, 5) is 27.8. The van der Waals surface area contributed by atoms with Crippen molar-refractivity contribution in [3.63, 3.8) is 0 Å². The molecule has 2 aromatic rings. The second-order valence-electron chi connectivity index (χ2n) is 8.19. The average molecular weight is 506 g/mol. The Labute approximate surface area is 199 Å². The van der Waals surface area contributed by atoms with Crippen LogP contribution in [0.15, 0.2) is 53.0 Å². The van der Waals surface area contributed by atoms with Gasteiger partial charge in [0.2, 0.25) is 11.8 Å². The molecule has 0 radical (unpaired) electrons. The van der Waals surface area contributed by atoms with Crippen molar-refractivity contribution in [3.8, 4) is 0 Å². The van der Waals surface area contributed by atoms with Crippen LogP contribution >= 0.6 is 27.7 Å². The number of benzene rings is 2. The van der Waals surface area contributed by atoms with Crippen LogP contribution in [0.1, 0.15) is 43.9 Å². The van der Waals surface area contributed by atoms with Crippen molar-refractivity contribution in [1.82, 2.24) is 10.2 Å². The van der Waals surface area contributed by atoms with Crippen LogP contribution in [0.2, 0.25) is 0 Å². The summed E-state index contributed by atoms with van der Waals surface area (Å²) in [6.07, 6.45) is 0.582. The quantitative estimate of drug-likeness (QED) is 0.435. The lowest BCUT2D eigenvalue weighted by Crippen LogP contribution is -2.50. The highest BCUT2D eigenvalue weighted by molar-refractivity contribution is 9.10. The van der Waals surface area contributed by atoms with Gasteiger partial charge < -0.3 is 10.2 Å². The molecule has 0 heterocycles. The minimum Gasteiger partial charge on any atom is -0.354 e. The van der Waals surface area contributed by atoms with Crippen molar-refractivity contribution in [2.75, 3.05) is 12.3 Å². The van der Waals surface area contributed by atoms with Gasteiger partial charge in [0, 0.05) is 23.3 Å². The molecule has 0 aliphatic carbocycles. The first-order valence-corrected chi connectivity index (χ1v) is 12.7. The molecule has 1 unspecified atom stereocenters. The second kappa shape index (κ2) is 12.9. The molecule has 0 aliphatic heterocycles. The molecule has 0 aromatic heterocycles. The Bertz CT molecular complexity index is 838. The predicted octanol–water partition coefficient (Wildman–Crippen LogP) is 5.57. The molecule has 0 saturated carbocycles. The van der Waals surface area contributed by atoms with Gasteiger partial charge in [-0.2, -0.15) is 0 Å². The summed E-state index contributed by atoms with van der Waals surface area (Å²) in [5.74, 6) is 1.39. The Morgan fingerprint density at radius 1 is 1.03 bits per heavy atom. The van der Waals surface area contributed by atoms with Crippen LogP contribution in [0.3, 0.4) is 0 Å². The van der Waals surface area contributed by atoms with Gasteiger partial charge in [-0.05, 0) is 42.5 Å². The van der Waals surface area contributed by atoms with Crippen LogP contribution in [-0.2, 0) is 21.9 Å². The van der Waals surface area contributed by atoms with Crippen molar-refractivity contribution < 1.29 is 9.59 Å². The third-order valence-electron chi connectivity index (χ3n) is 4.95. The summed E-state index contributed by atoms with van der Waals surface area (Å²) in [5.41, 5.74) is 3.38. The molecule has 1 N–H and O–H groups in total. The topological polar surface area (TPSA) is 49.4 Å². The number of carbonyl (C=O) groups is 2. The molecule has 31 heavy (non-hydrogen) atoms. The Morgan fingerprint density at radius 2 is 1.65 bits per heavy atom. The first-order chi connectivity index (χ1) is 14.8. The maximum Gasteiger partial charge on any atom is 0.242 e. The molecule has 6 heteroatoms. The van der Waals surface area contributed by atoms with E-state index < -0.39 is 6.04 Å². The zero-order chi connectivity index (χ0) is 22.8. The van der Waals surface area contributed by atoms with E-state index in [0.29, 0.717) is 31.2 Å². The van der Waals surface area contributed by atoms with E-state index in [4.69, 9.17) is 0 Å². The fourth-order valence-electron chi connectivity index (χ4n) is 3.15. The molecule has 0 aliphatic rings. The van der Waals surface area contributed by atoms with E-state index in [-0.39, 0.29) is 11.8 Å². The number of carbonyl (C=O) groups excluding carboxylic acids is 2. The van der Waals surface area contributed by atoms with Crippen molar-refractivity contribution in [3.05, 3.63) is 69.7 Å². The number of halogens is 1. The van der Waals surface area contributed by atoms with Gasteiger partial charge in [-0.3, -0.25) is 9.59 Å². The molecule has 168 valence electrons. The van der Waals surface area contributed by atoms with Crippen LogP contribution in [0.4, 0.5) is 0 Å². The summed E-state index contributed by atoms with van der Waals surface area (Å²) >= 11 is 5.03. The highest BCUT2D eigenvalue weighted by Crippen LogP contribution is 2.19. The standard InChI is InChI=1S/C25H33BrN2O2S/c1-5-23(25(30)27-14-18(2)3)28(15-20-8-6-19(4)7-9-20)24(29)17-31-16-21-10-12-22(26)13-11-21/h6-13,18,23H,5,14-17H2,1-4H3,(H,27,30). The van der Waals surface area contributed by atoms with E-state index in [0.717, 1.165) is 15.8 Å². The van der Waals surface area contributed by atoms with E-state index in [2.05, 4.69) is 47.2 Å². The van der Waals surface area contributed by atoms with Gasteiger partial charge in [0.15, 0.2) is 0 Å². The van der Waals surface area contributed by atoms with Gasteiger partial charge in [-0.1, -0.05) is 78.7 Å². The third-order valence-corrected chi connectivity index (χ3v) is 6.47. The normalized spacial score (nSPS) is 11.9. The lowest BCUT2D eigenvalue weighted by molar-refractivity contribution is -0.139. The summed E-state index contributed by atoms with van der Waals surface area (Å²) in [7, 11) is 0. The zero-order valence-electron chi connectivity index (χ0n) is 18.9. The maximum atomic E-state index is 13.2. The van der Waals surface area contributed by atoms with E-state index in [1.54, 1.807) is 16.7 Å². The minimum absolute atomic E-state index is 0.00534. The summed E-state index contributed by atoms with van der Waals surface area (Å²) in [6, 6.07) is 15.8. The van der Waals surface area contributed by atoms with Crippen LogP contribution in [0.5, 0.6) is 0 Å². The number of hydrogen-bond acceptors (Lipinski definition) is 3. The van der Waals surface area contributed by atoms with Crippen LogP contribution < -0.4 is 5.32 Å². The molecule has 0 saturated heterocycles. The van der Waals surface area contributed by atoms with E-state index in [9.17, 15) is 9.59 Å². The Balaban J connectivity index is 2.10. The molecule has 2 aromatic carbocycles. The number of rotatable bonds is 11. The van der Waals surface area contributed by atoms with Crippen molar-refractivity contribution in [2.24, 2.45) is 5.92 Å². The maximum absolute atomic E-state index is 13.2. The van der Waals surface area contributed by atoms with Crippen LogP contribution in [0, 0.1) is 12.8 Å². The summed E-state index contributed by atoms with van der Waals surface area (Å²) in [5, 5.41) is 3.01. The molecule has 2 amide bonds. The molecule has 0 spiro atoms. The van der Waals surface area contributed by atoms with E-state index in [1.807, 2.05) is 50.2 Å². The lowest BCUT2D eigenvalue weighted by atomic mass is 10.1. The first kappa shape index (κ1) is 25.5. The van der Waals surface area contributed by atoms with E-state index in [1.165, 1.54) is 11.1 Å². The summed E-state index contributed by atoms with van der Waals surface area (Å²) in [6.45, 7) is 9.18. The highest BCUT2D eigenvalue weighted by atomic mass is 79.9. The van der Waals surface area contributed by atoms with Crippen molar-refractivity contribution >= 4 is 39.5 Å². The Hall–Kier alpha value is -1.79. The average Bonchev–Trinajstić information content (AvgIpc) is 2.74. The number of aryl methyl sites for hydroxylation is 1. The SMILES string of the molecule is CCC(C(=O)NCC(C)C)N(Cc1ccc(C)cc1)C(=O)CSCc1ccc(Br)cc1. The molecular formula is C25H33BrN2O2S. The zero-order valence-corrected chi connectivity index (χ0v) is 21.3. The smallest absolute Gasteiger partial charge is 0.242 e. The van der Waals surface area contributed by atoms with Gasteiger partial charge in [0.25, 0.3) is 0 Å². The number of hydrogen-bond donors (Lipinski definition) is 1. The predicted molar refractivity (Wildman–Crippen MR) is 134 cm³/mol. The molecular weight excluding hydrogens is 472 g/mol. The third kappa shape index (κ3) is 8.69. The molecule has 2 rings (SSSR count). The van der Waals surface area contributed by atoms with Gasteiger partial charge in [0.05, 0.1) is 5.75 Å². The van der Waals surface area contributed by atoms with Crippen molar-refractivity contribution in [2.45, 2.75) is 52.5 Å². The molecule has 0 fully saturated rings. The monoisotopic (exact) mass is 504 g/mol. The molecule has 4 nitrogen and oxygen atoms in total. The Kier molecular flexibility index (Phi) is 10.6. The second-order valence-corrected chi connectivity index (χ2v) is 10.1. The van der Waals surface area contributed by atoms with Gasteiger partial charge in [0.1, 0.15) is 6.04 Å². The number of amides is 2. The van der Waals surface area contributed by atoms with Crippen molar-refractivity contribution in [1.29, 1.82) is 0 Å². The number of nitrogens with one attached hydrogen (secondary N) is 1. The fraction of sp³-hybridized carbons (Fsp3) is 0.440. The highest BCUT2D eigenvalue weighted by Gasteiger charge is 2.28. The van der Waals surface area contributed by atoms with Gasteiger partial charge >= 0.3 is 0 Å². The summed E-state index contributed by atoms with van der Waals surface area (Å²) < 4.78 is 1.04. The largest absolute Gasteiger partial charge is 0.354 e. The van der Waals surface area contributed by atoms with Crippen LogP contribution in [0.25, 0.3) is 0 Å². The molecule has 1 atom stereocenters. The van der Waals surface area contributed by atoms with E-state index >= 15 is 0 Å². The number of nitrogens with zero attached hydrogens (tertiary/aromatic N) is 1. The first-order valence-electron chi connectivity index (χ1n) is 10.7. The Morgan fingerprint density at radius 3 is 2.23 bits per heavy atom. The van der Waals surface area contributed by atoms with Gasteiger partial charge in [-0.15, -0.1) is 11.8 Å². The van der Waals surface area contributed by atoms with Gasteiger partial charge in [-0.25, -0.2) is 0 Å². The number of thioether (sulfide) groups is 1. The lowest BCUT2D eigenvalue weighted by Gasteiger charge is -2.31. The fourth-order valence-corrected chi connectivity index (χ4v) is 4.29. The minimum atomic E-state index is -0.471.